The van der Waals surface area contributed by atoms with E-state index < -0.39 is 0 Å². The second kappa shape index (κ2) is 8.47. The van der Waals surface area contributed by atoms with Gasteiger partial charge in [-0.1, -0.05) is 0 Å². The minimum absolute atomic E-state index is 0. The fourth-order valence-corrected chi connectivity index (χ4v) is 4.85. The summed E-state index contributed by atoms with van der Waals surface area (Å²) < 4.78 is 6.24. The summed E-state index contributed by atoms with van der Waals surface area (Å²) in [6.07, 6.45) is 2.42. The van der Waals surface area contributed by atoms with Gasteiger partial charge in [0.05, 0.1) is 23.6 Å². The number of amides is 2. The minimum Gasteiger partial charge on any atom is -0.370 e. The van der Waals surface area contributed by atoms with Crippen LogP contribution in [0, 0.1) is 0 Å². The summed E-state index contributed by atoms with van der Waals surface area (Å²) in [5, 5.41) is 5.96. The highest BCUT2D eigenvalue weighted by atomic mass is 35.5. The number of likely N-dealkylation sites (N-methyl/N-ethyl adjacent to an activating group) is 1. The molecule has 1 fully saturated rings. The Kier molecular flexibility index (Phi) is 6.95. The number of nitrogens with one attached hydrogen (secondary N) is 2. The van der Waals surface area contributed by atoms with E-state index in [0.29, 0.717) is 26.2 Å². The monoisotopic (exact) mass is 415 g/mol. The number of likely N-dealkylation sites (tertiary alicyclic amines) is 1. The SMILES string of the molecule is CNCC(=O)N1CCC2(CC1)OCCc1sc(C(=O)NC(C)(C)C)cc12.Cl. The maximum Gasteiger partial charge on any atom is 0.261 e. The van der Waals surface area contributed by atoms with Crippen LogP contribution in [-0.4, -0.2) is 55.5 Å². The number of nitrogens with zero attached hydrogens (tertiary/aromatic N) is 1. The summed E-state index contributed by atoms with van der Waals surface area (Å²) in [6.45, 7) is 8.40. The molecule has 27 heavy (non-hydrogen) atoms. The van der Waals surface area contributed by atoms with Crippen LogP contribution in [-0.2, 0) is 21.6 Å². The Morgan fingerprint density at radius 2 is 1.96 bits per heavy atom. The smallest absolute Gasteiger partial charge is 0.261 e. The zero-order chi connectivity index (χ0) is 18.9. The van der Waals surface area contributed by atoms with Gasteiger partial charge in [-0.2, -0.15) is 0 Å². The Morgan fingerprint density at radius 1 is 1.30 bits per heavy atom. The van der Waals surface area contributed by atoms with Gasteiger partial charge in [0.1, 0.15) is 0 Å². The zero-order valence-electron chi connectivity index (χ0n) is 16.5. The molecule has 0 saturated carbocycles. The molecule has 0 aliphatic carbocycles. The van der Waals surface area contributed by atoms with Gasteiger partial charge in [-0.3, -0.25) is 9.59 Å². The standard InChI is InChI=1S/C19H29N3O3S.ClH/c1-18(2,3)21-17(24)15-11-13-14(26-15)5-10-25-19(13)6-8-22(9-7-19)16(23)12-20-4;/h11,20H,5-10,12H2,1-4H3,(H,21,24);1H. The molecule has 3 heterocycles. The Bertz CT molecular complexity index is 691. The molecule has 2 amide bonds. The average Bonchev–Trinajstić information content (AvgIpc) is 3.00. The molecule has 1 saturated heterocycles. The molecule has 0 aromatic carbocycles. The van der Waals surface area contributed by atoms with E-state index in [0.717, 1.165) is 29.7 Å². The fourth-order valence-electron chi connectivity index (χ4n) is 3.73. The van der Waals surface area contributed by atoms with Gasteiger partial charge in [-0.05, 0) is 52.3 Å². The van der Waals surface area contributed by atoms with E-state index in [-0.39, 0.29) is 35.4 Å². The number of thiophene rings is 1. The highest BCUT2D eigenvalue weighted by Crippen LogP contribution is 2.44. The number of rotatable bonds is 3. The van der Waals surface area contributed by atoms with Crippen LogP contribution in [0.3, 0.4) is 0 Å². The van der Waals surface area contributed by atoms with Gasteiger partial charge in [0.25, 0.3) is 5.91 Å². The van der Waals surface area contributed by atoms with Crippen LogP contribution in [0.2, 0.25) is 0 Å². The molecular weight excluding hydrogens is 386 g/mol. The lowest BCUT2D eigenvalue weighted by Gasteiger charge is -2.44. The minimum atomic E-state index is -0.346. The number of fused-ring (bicyclic) bond motifs is 2. The van der Waals surface area contributed by atoms with Crippen molar-refractivity contribution < 1.29 is 14.3 Å². The van der Waals surface area contributed by atoms with Gasteiger partial charge in [0, 0.05) is 29.9 Å². The van der Waals surface area contributed by atoms with E-state index in [4.69, 9.17) is 4.74 Å². The quantitative estimate of drug-likeness (QED) is 0.794. The van der Waals surface area contributed by atoms with Crippen molar-refractivity contribution in [2.75, 3.05) is 33.3 Å². The topological polar surface area (TPSA) is 70.7 Å². The molecule has 152 valence electrons. The maximum absolute atomic E-state index is 12.6. The number of carbonyl (C=O) groups excluding carboxylic acids is 2. The Hall–Kier alpha value is -1.15. The predicted octanol–water partition coefficient (Wildman–Crippen LogP) is 2.31. The number of hydrogen-bond donors (Lipinski definition) is 2. The molecule has 1 aromatic heterocycles. The second-order valence-electron chi connectivity index (χ2n) is 8.16. The molecule has 2 aliphatic heterocycles. The van der Waals surface area contributed by atoms with E-state index in [1.165, 1.54) is 4.88 Å². The fraction of sp³-hybridized carbons (Fsp3) is 0.684. The normalized spacial score (nSPS) is 18.6. The Labute approximate surface area is 171 Å². The van der Waals surface area contributed by atoms with Gasteiger partial charge in [0.2, 0.25) is 5.91 Å². The molecule has 3 rings (SSSR count). The van der Waals surface area contributed by atoms with Crippen molar-refractivity contribution >= 4 is 35.6 Å². The van der Waals surface area contributed by atoms with Crippen molar-refractivity contribution in [1.29, 1.82) is 0 Å². The van der Waals surface area contributed by atoms with E-state index in [1.54, 1.807) is 18.4 Å². The van der Waals surface area contributed by atoms with Crippen molar-refractivity contribution in [3.05, 3.63) is 21.4 Å². The van der Waals surface area contributed by atoms with Gasteiger partial charge in [-0.25, -0.2) is 0 Å². The first-order valence-electron chi connectivity index (χ1n) is 9.26. The van der Waals surface area contributed by atoms with Gasteiger partial charge >= 0.3 is 0 Å². The molecule has 6 nitrogen and oxygen atoms in total. The number of piperidine rings is 1. The molecule has 8 heteroatoms. The van der Waals surface area contributed by atoms with Crippen LogP contribution >= 0.6 is 23.7 Å². The number of hydrogen-bond acceptors (Lipinski definition) is 5. The zero-order valence-corrected chi connectivity index (χ0v) is 18.1. The van der Waals surface area contributed by atoms with Crippen LogP contribution in [0.1, 0.15) is 53.7 Å². The summed E-state index contributed by atoms with van der Waals surface area (Å²) in [5.41, 5.74) is 0.559. The molecule has 0 radical (unpaired) electrons. The van der Waals surface area contributed by atoms with Crippen molar-refractivity contribution in [2.45, 2.75) is 51.2 Å². The van der Waals surface area contributed by atoms with E-state index in [1.807, 2.05) is 31.7 Å². The first-order chi connectivity index (χ1) is 12.2. The van der Waals surface area contributed by atoms with Crippen LogP contribution in [0.4, 0.5) is 0 Å². The average molecular weight is 416 g/mol. The first-order valence-corrected chi connectivity index (χ1v) is 10.1. The third-order valence-corrected chi connectivity index (χ3v) is 6.17. The van der Waals surface area contributed by atoms with Crippen molar-refractivity contribution in [3.63, 3.8) is 0 Å². The van der Waals surface area contributed by atoms with E-state index in [2.05, 4.69) is 10.6 Å². The largest absolute Gasteiger partial charge is 0.370 e. The van der Waals surface area contributed by atoms with Gasteiger partial charge in [0.15, 0.2) is 0 Å². The number of halogens is 1. The van der Waals surface area contributed by atoms with Crippen LogP contribution in [0.15, 0.2) is 6.07 Å². The lowest BCUT2D eigenvalue weighted by atomic mass is 9.82. The number of ether oxygens (including phenoxy) is 1. The highest BCUT2D eigenvalue weighted by Gasteiger charge is 2.43. The van der Waals surface area contributed by atoms with Crippen LogP contribution < -0.4 is 10.6 Å². The van der Waals surface area contributed by atoms with E-state index >= 15 is 0 Å². The second-order valence-corrected chi connectivity index (χ2v) is 9.29. The van der Waals surface area contributed by atoms with Crippen LogP contribution in [0.25, 0.3) is 0 Å². The molecule has 0 bridgehead atoms. The van der Waals surface area contributed by atoms with E-state index in [9.17, 15) is 9.59 Å². The van der Waals surface area contributed by atoms with Gasteiger partial charge < -0.3 is 20.3 Å². The summed E-state index contributed by atoms with van der Waals surface area (Å²) in [6, 6.07) is 2.02. The lowest BCUT2D eigenvalue weighted by Crippen LogP contribution is -2.49. The van der Waals surface area contributed by atoms with Gasteiger partial charge in [-0.15, -0.1) is 23.7 Å². The lowest BCUT2D eigenvalue weighted by molar-refractivity contribution is -0.139. The third-order valence-electron chi connectivity index (χ3n) is 4.97. The Morgan fingerprint density at radius 3 is 2.56 bits per heavy atom. The van der Waals surface area contributed by atoms with Crippen molar-refractivity contribution in [2.24, 2.45) is 0 Å². The van der Waals surface area contributed by atoms with Crippen LogP contribution in [0.5, 0.6) is 0 Å². The maximum atomic E-state index is 12.6. The molecule has 2 aliphatic rings. The Balaban J connectivity index is 0.00000261. The molecule has 2 N–H and O–H groups in total. The molecule has 1 aromatic rings. The highest BCUT2D eigenvalue weighted by molar-refractivity contribution is 7.14. The predicted molar refractivity (Wildman–Crippen MR) is 110 cm³/mol. The molecule has 1 spiro atoms. The third kappa shape index (κ3) is 4.83. The first kappa shape index (κ1) is 22.1. The van der Waals surface area contributed by atoms with Crippen molar-refractivity contribution in [1.82, 2.24) is 15.5 Å². The summed E-state index contributed by atoms with van der Waals surface area (Å²) in [5.74, 6) is 0.114. The molecule has 0 atom stereocenters. The summed E-state index contributed by atoms with van der Waals surface area (Å²) in [4.78, 5) is 28.6. The van der Waals surface area contributed by atoms with Crippen molar-refractivity contribution in [3.8, 4) is 0 Å². The summed E-state index contributed by atoms with van der Waals surface area (Å²) in [7, 11) is 1.79. The molecular formula is C19H30ClN3O3S. The molecule has 0 unspecified atom stereocenters. The number of carbonyl (C=O) groups is 2. The summed E-state index contributed by atoms with van der Waals surface area (Å²) >= 11 is 1.58.